The van der Waals surface area contributed by atoms with Gasteiger partial charge in [-0.1, -0.05) is 15.9 Å². The molecule has 0 aliphatic carbocycles. The first-order chi connectivity index (χ1) is 8.41. The van der Waals surface area contributed by atoms with Gasteiger partial charge in [0.25, 0.3) is 0 Å². The van der Waals surface area contributed by atoms with Gasteiger partial charge in [0, 0.05) is 4.47 Å². The molecule has 1 unspecified atom stereocenters. The molecule has 0 spiro atoms. The molecule has 1 rings (SSSR count). The van der Waals surface area contributed by atoms with Crippen LogP contribution < -0.4 is 0 Å². The van der Waals surface area contributed by atoms with Crippen LogP contribution in [0.1, 0.15) is 24.2 Å². The van der Waals surface area contributed by atoms with Crippen molar-refractivity contribution in [1.29, 1.82) is 0 Å². The summed E-state index contributed by atoms with van der Waals surface area (Å²) in [7, 11) is -1.38. The predicted molar refractivity (Wildman–Crippen MR) is 73.5 cm³/mol. The molecule has 18 heavy (non-hydrogen) atoms. The van der Waals surface area contributed by atoms with Gasteiger partial charge in [0.1, 0.15) is 0 Å². The number of ether oxygens (including phenoxy) is 1. The molecule has 0 amide bonds. The van der Waals surface area contributed by atoms with Crippen LogP contribution in [-0.4, -0.2) is 33.7 Å². The van der Waals surface area contributed by atoms with E-state index in [4.69, 9.17) is 9.84 Å². The van der Waals surface area contributed by atoms with Crippen LogP contribution in [0, 0.1) is 0 Å². The van der Waals surface area contributed by atoms with Crippen LogP contribution in [0.4, 0.5) is 0 Å². The topological polar surface area (TPSA) is 63.6 Å². The SMILES string of the molecule is CC(C)OCCS(=O)c1cc(Br)ccc1C(=O)O. The van der Waals surface area contributed by atoms with Gasteiger partial charge in [-0.15, -0.1) is 0 Å². The molecule has 1 aromatic rings. The third-order valence-corrected chi connectivity index (χ3v) is 4.00. The van der Waals surface area contributed by atoms with E-state index in [-0.39, 0.29) is 17.4 Å². The Morgan fingerprint density at radius 1 is 1.50 bits per heavy atom. The summed E-state index contributed by atoms with van der Waals surface area (Å²) in [5.74, 6) is -0.787. The molecule has 0 radical (unpaired) electrons. The summed E-state index contributed by atoms with van der Waals surface area (Å²) in [5.41, 5.74) is 0.0704. The summed E-state index contributed by atoms with van der Waals surface area (Å²) in [6.07, 6.45) is 0.0726. The van der Waals surface area contributed by atoms with Gasteiger partial charge in [0.05, 0.1) is 39.7 Å². The van der Waals surface area contributed by atoms with E-state index in [1.807, 2.05) is 13.8 Å². The zero-order chi connectivity index (χ0) is 13.7. The minimum absolute atomic E-state index is 0.0704. The van der Waals surface area contributed by atoms with Crippen molar-refractivity contribution in [2.45, 2.75) is 24.8 Å². The highest BCUT2D eigenvalue weighted by Crippen LogP contribution is 2.20. The fraction of sp³-hybridized carbons (Fsp3) is 0.417. The van der Waals surface area contributed by atoms with Crippen LogP contribution in [0.2, 0.25) is 0 Å². The molecular weight excluding hydrogens is 320 g/mol. The Bertz CT molecular complexity index is 459. The van der Waals surface area contributed by atoms with Crippen LogP contribution in [-0.2, 0) is 15.5 Å². The molecule has 0 heterocycles. The van der Waals surface area contributed by atoms with E-state index < -0.39 is 16.8 Å². The minimum Gasteiger partial charge on any atom is -0.478 e. The number of benzene rings is 1. The highest BCUT2D eigenvalue weighted by Gasteiger charge is 2.15. The van der Waals surface area contributed by atoms with E-state index in [1.54, 1.807) is 12.1 Å². The molecule has 6 heteroatoms. The molecule has 0 fully saturated rings. The Balaban J connectivity index is 2.84. The largest absolute Gasteiger partial charge is 0.478 e. The lowest BCUT2D eigenvalue weighted by Gasteiger charge is -2.09. The lowest BCUT2D eigenvalue weighted by molar-refractivity contribution is 0.0692. The molecule has 0 saturated carbocycles. The average Bonchev–Trinajstić information content (AvgIpc) is 2.27. The fourth-order valence-electron chi connectivity index (χ4n) is 1.33. The Morgan fingerprint density at radius 2 is 2.17 bits per heavy atom. The quantitative estimate of drug-likeness (QED) is 0.868. The molecule has 1 aromatic carbocycles. The van der Waals surface area contributed by atoms with Gasteiger partial charge in [0.15, 0.2) is 0 Å². The highest BCUT2D eigenvalue weighted by molar-refractivity contribution is 9.10. The Morgan fingerprint density at radius 3 is 2.72 bits per heavy atom. The van der Waals surface area contributed by atoms with Gasteiger partial charge in [-0.3, -0.25) is 4.21 Å². The Kier molecular flexibility index (Phi) is 5.98. The summed E-state index contributed by atoms with van der Waals surface area (Å²) in [5, 5.41) is 9.04. The van der Waals surface area contributed by atoms with Crippen LogP contribution in [0.5, 0.6) is 0 Å². The molecule has 0 aromatic heterocycles. The number of carboxylic acids is 1. The lowest BCUT2D eigenvalue weighted by Crippen LogP contribution is -2.13. The standard InChI is InChI=1S/C12H15BrO4S/c1-8(2)17-5-6-18(16)11-7-9(13)3-4-10(11)12(14)15/h3-4,7-8H,5-6H2,1-2H3,(H,14,15). The van der Waals surface area contributed by atoms with Crippen molar-refractivity contribution in [2.75, 3.05) is 12.4 Å². The first-order valence-electron chi connectivity index (χ1n) is 5.44. The number of halogens is 1. The number of carboxylic acid groups (broad SMARTS) is 1. The molecule has 100 valence electrons. The molecule has 1 atom stereocenters. The number of hydrogen-bond donors (Lipinski definition) is 1. The Hall–Kier alpha value is -0.720. The summed E-state index contributed by atoms with van der Waals surface area (Å²) >= 11 is 3.25. The second-order valence-corrected chi connectivity index (χ2v) is 6.37. The molecular formula is C12H15BrO4S. The van der Waals surface area contributed by atoms with E-state index in [0.717, 1.165) is 0 Å². The van der Waals surface area contributed by atoms with Gasteiger partial charge >= 0.3 is 5.97 Å². The van der Waals surface area contributed by atoms with Gasteiger partial charge in [-0.05, 0) is 32.0 Å². The van der Waals surface area contributed by atoms with E-state index >= 15 is 0 Å². The van der Waals surface area contributed by atoms with Gasteiger partial charge in [-0.2, -0.15) is 0 Å². The number of aromatic carboxylic acids is 1. The smallest absolute Gasteiger partial charge is 0.336 e. The predicted octanol–water partition coefficient (Wildman–Crippen LogP) is 2.68. The molecule has 0 aliphatic heterocycles. The lowest BCUT2D eigenvalue weighted by atomic mass is 10.2. The molecule has 1 N–H and O–H groups in total. The van der Waals surface area contributed by atoms with Gasteiger partial charge < -0.3 is 9.84 Å². The van der Waals surface area contributed by atoms with Crippen molar-refractivity contribution >= 4 is 32.7 Å². The third-order valence-electron chi connectivity index (χ3n) is 2.14. The number of hydrogen-bond acceptors (Lipinski definition) is 3. The average molecular weight is 335 g/mol. The fourth-order valence-corrected chi connectivity index (χ4v) is 2.97. The molecule has 0 aliphatic rings. The van der Waals surface area contributed by atoms with Crippen LogP contribution in [0.3, 0.4) is 0 Å². The van der Waals surface area contributed by atoms with Crippen molar-refractivity contribution in [2.24, 2.45) is 0 Å². The van der Waals surface area contributed by atoms with Crippen molar-refractivity contribution < 1.29 is 18.8 Å². The maximum Gasteiger partial charge on any atom is 0.336 e. The highest BCUT2D eigenvalue weighted by atomic mass is 79.9. The van der Waals surface area contributed by atoms with E-state index in [1.165, 1.54) is 6.07 Å². The summed E-state index contributed by atoms with van der Waals surface area (Å²) in [4.78, 5) is 11.4. The Labute approximate surface area is 117 Å². The van der Waals surface area contributed by atoms with Crippen molar-refractivity contribution in [3.05, 3.63) is 28.2 Å². The first kappa shape index (κ1) is 15.3. The first-order valence-corrected chi connectivity index (χ1v) is 7.56. The van der Waals surface area contributed by atoms with Crippen LogP contribution in [0.15, 0.2) is 27.6 Å². The maximum atomic E-state index is 12.1. The van der Waals surface area contributed by atoms with Crippen LogP contribution in [0.25, 0.3) is 0 Å². The normalized spacial score (nSPS) is 12.7. The van der Waals surface area contributed by atoms with Gasteiger partial charge in [-0.25, -0.2) is 4.79 Å². The number of carbonyl (C=O) groups is 1. The second-order valence-electron chi connectivity index (χ2n) is 3.91. The maximum absolute atomic E-state index is 12.1. The minimum atomic E-state index is -1.38. The van der Waals surface area contributed by atoms with E-state index in [2.05, 4.69) is 15.9 Å². The zero-order valence-electron chi connectivity index (χ0n) is 10.2. The van der Waals surface area contributed by atoms with E-state index in [0.29, 0.717) is 16.0 Å². The van der Waals surface area contributed by atoms with Crippen molar-refractivity contribution in [1.82, 2.24) is 0 Å². The summed E-state index contributed by atoms with van der Waals surface area (Å²) in [6, 6.07) is 4.65. The van der Waals surface area contributed by atoms with Crippen molar-refractivity contribution in [3.8, 4) is 0 Å². The van der Waals surface area contributed by atoms with E-state index in [9.17, 15) is 9.00 Å². The van der Waals surface area contributed by atoms with Crippen LogP contribution >= 0.6 is 15.9 Å². The third kappa shape index (κ3) is 4.51. The molecule has 0 bridgehead atoms. The summed E-state index contributed by atoms with van der Waals surface area (Å²) < 4.78 is 18.1. The molecule has 4 nitrogen and oxygen atoms in total. The van der Waals surface area contributed by atoms with Gasteiger partial charge in [0.2, 0.25) is 0 Å². The summed E-state index contributed by atoms with van der Waals surface area (Å²) in [6.45, 7) is 4.13. The second kappa shape index (κ2) is 7.01. The van der Waals surface area contributed by atoms with Crippen molar-refractivity contribution in [3.63, 3.8) is 0 Å². The number of rotatable bonds is 6. The monoisotopic (exact) mass is 334 g/mol. The molecule has 0 saturated heterocycles. The zero-order valence-corrected chi connectivity index (χ0v) is 12.6.